The molecule has 32 heavy (non-hydrogen) atoms. The second kappa shape index (κ2) is 7.75. The van der Waals surface area contributed by atoms with E-state index in [4.69, 9.17) is 4.74 Å². The summed E-state index contributed by atoms with van der Waals surface area (Å²) in [6.07, 6.45) is 3.19. The Balaban J connectivity index is 1.48. The second-order valence-electron chi connectivity index (χ2n) is 7.64. The molecule has 4 heterocycles. The van der Waals surface area contributed by atoms with Crippen LogP contribution >= 0.6 is 11.3 Å². The number of nitrogens with zero attached hydrogens (tertiary/aromatic N) is 5. The van der Waals surface area contributed by atoms with Gasteiger partial charge in [-0.25, -0.2) is 4.79 Å². The average molecular weight is 452 g/mol. The van der Waals surface area contributed by atoms with E-state index < -0.39 is 17.3 Å². The number of aromatic amines is 1. The van der Waals surface area contributed by atoms with Crippen molar-refractivity contribution >= 4 is 27.5 Å². The number of carbonyl (C=O) groups is 1. The molecule has 1 fully saturated rings. The number of amides is 1. The van der Waals surface area contributed by atoms with E-state index in [0.717, 1.165) is 11.3 Å². The lowest BCUT2D eigenvalue weighted by Crippen LogP contribution is -2.39. The highest BCUT2D eigenvalue weighted by Gasteiger charge is 2.33. The van der Waals surface area contributed by atoms with Crippen molar-refractivity contribution in [1.82, 2.24) is 29.4 Å². The molecule has 164 valence electrons. The van der Waals surface area contributed by atoms with Crippen LogP contribution in [0.1, 0.15) is 23.6 Å². The Morgan fingerprint density at radius 2 is 1.88 bits per heavy atom. The molecule has 1 N–H and O–H groups in total. The fraction of sp³-hybridized carbons (Fsp3) is 0.286. The number of rotatable bonds is 5. The van der Waals surface area contributed by atoms with Gasteiger partial charge in [-0.3, -0.25) is 19.1 Å². The maximum Gasteiger partial charge on any atom is 0.329 e. The molecule has 1 atom stereocenters. The van der Waals surface area contributed by atoms with Crippen LogP contribution in [0.25, 0.3) is 15.2 Å². The Bertz CT molecular complexity index is 1420. The number of nitrogens with one attached hydrogen (secondary N) is 1. The number of aromatic nitrogens is 5. The Kier molecular flexibility index (Phi) is 4.89. The predicted molar refractivity (Wildman–Crippen MR) is 118 cm³/mol. The number of carbonyl (C=O) groups excluding carboxylic acids is 1. The average Bonchev–Trinajstić information content (AvgIpc) is 3.49. The summed E-state index contributed by atoms with van der Waals surface area (Å²) >= 11 is 1.25. The standard InChI is InChI=1S/C21H20N6O4S/c1-12-17-18(32-20(12)27-22-7-8-23-27)24-21(30)26(19(17)29)14-9-16(28)25(11-14)10-13-3-5-15(31-2)6-4-13/h3-8,14H,9-11H2,1-2H3,(H,24,30). The first-order valence-electron chi connectivity index (χ1n) is 10.0. The van der Waals surface area contributed by atoms with Crippen LogP contribution in [0.2, 0.25) is 0 Å². The molecule has 4 aromatic rings. The number of likely N-dealkylation sites (tertiary alicyclic amines) is 1. The molecule has 5 rings (SSSR count). The number of fused-ring (bicyclic) bond motifs is 1. The van der Waals surface area contributed by atoms with Gasteiger partial charge in [-0.15, -0.1) is 4.80 Å². The molecule has 1 amide bonds. The lowest BCUT2D eigenvalue weighted by atomic mass is 10.2. The number of hydrogen-bond acceptors (Lipinski definition) is 7. The van der Waals surface area contributed by atoms with Crippen molar-refractivity contribution in [2.24, 2.45) is 0 Å². The van der Waals surface area contributed by atoms with E-state index in [1.54, 1.807) is 31.3 Å². The largest absolute Gasteiger partial charge is 0.497 e. The van der Waals surface area contributed by atoms with Crippen LogP contribution in [-0.4, -0.2) is 49.0 Å². The molecule has 1 aromatic carbocycles. The van der Waals surface area contributed by atoms with Gasteiger partial charge < -0.3 is 9.64 Å². The summed E-state index contributed by atoms with van der Waals surface area (Å²) in [5, 5.41) is 9.33. The Hall–Kier alpha value is -3.73. The van der Waals surface area contributed by atoms with E-state index in [0.29, 0.717) is 27.3 Å². The molecule has 0 spiro atoms. The van der Waals surface area contributed by atoms with Crippen LogP contribution in [0, 0.1) is 6.92 Å². The number of benzene rings is 1. The molecule has 1 saturated heterocycles. The van der Waals surface area contributed by atoms with E-state index in [2.05, 4.69) is 15.2 Å². The number of hydrogen-bond donors (Lipinski definition) is 1. The molecule has 0 bridgehead atoms. The normalized spacial score (nSPS) is 16.2. The first-order valence-corrected chi connectivity index (χ1v) is 10.8. The van der Waals surface area contributed by atoms with Gasteiger partial charge in [-0.05, 0) is 24.6 Å². The number of H-pyrrole nitrogens is 1. The van der Waals surface area contributed by atoms with Crippen molar-refractivity contribution < 1.29 is 9.53 Å². The first kappa shape index (κ1) is 20.2. The number of methoxy groups -OCH3 is 1. The zero-order chi connectivity index (χ0) is 22.4. The van der Waals surface area contributed by atoms with E-state index in [-0.39, 0.29) is 18.9 Å². The van der Waals surface area contributed by atoms with Crippen molar-refractivity contribution in [1.29, 1.82) is 0 Å². The maximum absolute atomic E-state index is 13.3. The van der Waals surface area contributed by atoms with E-state index >= 15 is 0 Å². The van der Waals surface area contributed by atoms with Crippen LogP contribution in [-0.2, 0) is 11.3 Å². The summed E-state index contributed by atoms with van der Waals surface area (Å²) < 4.78 is 6.34. The zero-order valence-electron chi connectivity index (χ0n) is 17.4. The predicted octanol–water partition coefficient (Wildman–Crippen LogP) is 1.62. The summed E-state index contributed by atoms with van der Waals surface area (Å²) in [6.45, 7) is 2.49. The highest BCUT2D eigenvalue weighted by molar-refractivity contribution is 7.21. The maximum atomic E-state index is 13.3. The van der Waals surface area contributed by atoms with Crippen LogP contribution in [0.4, 0.5) is 0 Å². The fourth-order valence-corrected chi connectivity index (χ4v) is 5.19. The fourth-order valence-electron chi connectivity index (χ4n) is 4.09. The molecule has 3 aromatic heterocycles. The lowest BCUT2D eigenvalue weighted by Gasteiger charge is -2.17. The van der Waals surface area contributed by atoms with Gasteiger partial charge in [0.05, 0.1) is 30.9 Å². The molecule has 10 nitrogen and oxygen atoms in total. The first-order chi connectivity index (χ1) is 15.5. The number of thiophene rings is 1. The van der Waals surface area contributed by atoms with Crippen molar-refractivity contribution in [2.45, 2.75) is 25.9 Å². The Labute approximate surface area is 185 Å². The van der Waals surface area contributed by atoms with Gasteiger partial charge in [0.15, 0.2) is 0 Å². The van der Waals surface area contributed by atoms with E-state index in [9.17, 15) is 14.4 Å². The van der Waals surface area contributed by atoms with Gasteiger partial charge in [-0.1, -0.05) is 23.5 Å². The molecule has 1 aliphatic rings. The second-order valence-corrected chi connectivity index (χ2v) is 8.64. The van der Waals surface area contributed by atoms with Crippen molar-refractivity contribution in [3.8, 4) is 10.8 Å². The summed E-state index contributed by atoms with van der Waals surface area (Å²) in [5.41, 5.74) is 0.713. The third kappa shape index (κ3) is 3.30. The van der Waals surface area contributed by atoms with Gasteiger partial charge in [0.1, 0.15) is 15.6 Å². The highest BCUT2D eigenvalue weighted by atomic mass is 32.1. The van der Waals surface area contributed by atoms with Gasteiger partial charge in [0.25, 0.3) is 5.56 Å². The zero-order valence-corrected chi connectivity index (χ0v) is 18.3. The molecule has 0 radical (unpaired) electrons. The summed E-state index contributed by atoms with van der Waals surface area (Å²) in [5.74, 6) is 0.641. The topological polar surface area (TPSA) is 115 Å². The molecule has 0 aliphatic carbocycles. The number of ether oxygens (including phenoxy) is 1. The van der Waals surface area contributed by atoms with Gasteiger partial charge in [-0.2, -0.15) is 10.2 Å². The highest BCUT2D eigenvalue weighted by Crippen LogP contribution is 2.30. The minimum absolute atomic E-state index is 0.0966. The van der Waals surface area contributed by atoms with Crippen molar-refractivity contribution in [3.63, 3.8) is 0 Å². The third-order valence-corrected chi connectivity index (χ3v) is 6.86. The molecular formula is C21H20N6O4S. The molecule has 1 unspecified atom stereocenters. The third-order valence-electron chi connectivity index (χ3n) is 5.69. The van der Waals surface area contributed by atoms with Gasteiger partial charge in [0.2, 0.25) is 5.91 Å². The molecular weight excluding hydrogens is 432 g/mol. The summed E-state index contributed by atoms with van der Waals surface area (Å²) in [7, 11) is 1.60. The lowest BCUT2D eigenvalue weighted by molar-refractivity contribution is -0.128. The summed E-state index contributed by atoms with van der Waals surface area (Å²) in [6, 6.07) is 6.92. The quantitative estimate of drug-likeness (QED) is 0.492. The monoisotopic (exact) mass is 452 g/mol. The van der Waals surface area contributed by atoms with Crippen LogP contribution < -0.4 is 16.0 Å². The van der Waals surface area contributed by atoms with Gasteiger partial charge in [0, 0.05) is 25.1 Å². The van der Waals surface area contributed by atoms with E-state index in [1.165, 1.54) is 20.7 Å². The summed E-state index contributed by atoms with van der Waals surface area (Å²) in [4.78, 5) is 45.2. The minimum atomic E-state index is -0.535. The van der Waals surface area contributed by atoms with E-state index in [1.807, 2.05) is 24.3 Å². The van der Waals surface area contributed by atoms with Crippen LogP contribution in [0.5, 0.6) is 5.75 Å². The number of aryl methyl sites for hydroxylation is 1. The van der Waals surface area contributed by atoms with Crippen molar-refractivity contribution in [2.75, 3.05) is 13.7 Å². The molecule has 0 saturated carbocycles. The minimum Gasteiger partial charge on any atom is -0.497 e. The van der Waals surface area contributed by atoms with Crippen LogP contribution in [0.15, 0.2) is 46.2 Å². The molecule has 1 aliphatic heterocycles. The SMILES string of the molecule is COc1ccc(CN2CC(n3c(=O)[nH]c4sc(-n5nccn5)c(C)c4c3=O)CC2=O)cc1. The Morgan fingerprint density at radius 3 is 2.56 bits per heavy atom. The smallest absolute Gasteiger partial charge is 0.329 e. The van der Waals surface area contributed by atoms with Crippen molar-refractivity contribution in [3.05, 3.63) is 68.6 Å². The molecule has 11 heteroatoms. The van der Waals surface area contributed by atoms with Crippen LogP contribution in [0.3, 0.4) is 0 Å². The van der Waals surface area contributed by atoms with Gasteiger partial charge >= 0.3 is 5.69 Å². The Morgan fingerprint density at radius 1 is 1.16 bits per heavy atom.